The Hall–Kier alpha value is -5.50. The molecule has 0 spiro atoms. The number of benzene rings is 8. The van der Waals surface area contributed by atoms with E-state index >= 15 is 0 Å². The van der Waals surface area contributed by atoms with Crippen molar-refractivity contribution in [2.45, 2.75) is 43.4 Å². The summed E-state index contributed by atoms with van der Waals surface area (Å²) in [6.45, 7) is 0.660. The van der Waals surface area contributed by atoms with Gasteiger partial charge in [-0.15, -0.1) is 0 Å². The van der Waals surface area contributed by atoms with Crippen LogP contribution in [0.2, 0.25) is 0 Å². The Morgan fingerprint density at radius 1 is 0.600 bits per heavy atom. The molecule has 8 aromatic carbocycles. The summed E-state index contributed by atoms with van der Waals surface area (Å²) in [6.07, 6.45) is 0.245. The lowest BCUT2D eigenvalue weighted by atomic mass is 9.80. The number of hydrogen-bond acceptors (Lipinski definition) is 6. The van der Waals surface area contributed by atoms with Crippen LogP contribution in [0.15, 0.2) is 146 Å². The summed E-state index contributed by atoms with van der Waals surface area (Å²) < 4.78 is 30.6. The Morgan fingerprint density at radius 3 is 1.80 bits per heavy atom. The first kappa shape index (κ1) is 35.2. The predicted molar refractivity (Wildman–Crippen MR) is 219 cm³/mol. The molecule has 0 amide bonds. The fraction of sp³-hybridized carbons (Fsp3) is 0.224. The molecule has 55 heavy (non-hydrogen) atoms. The third-order valence-corrected chi connectivity index (χ3v) is 11.3. The standard InChI is InChI=1S/C49H44O6/c1-51-37-24-20-35(21-25-37)49(34-13-4-3-5-14-34,36-22-26-38(52-2)27-23-36)54-31-45-44(50)30-46(55-45)53-29-9-12-32-19-28-43-41-17-7-11-33-10-6-16-40(47(33)41)42-18-8-15-39(32)48(42)43/h3-8,10-11,13-28,44-46,50H,9,12,29-31H2,1-2H3/t44-,45+,46-/m0/s1. The highest BCUT2D eigenvalue weighted by Gasteiger charge is 2.42. The third-order valence-electron chi connectivity index (χ3n) is 11.3. The molecule has 9 rings (SSSR count). The molecule has 1 aliphatic heterocycles. The molecule has 1 heterocycles. The Labute approximate surface area is 321 Å². The van der Waals surface area contributed by atoms with Crippen LogP contribution in [0, 0.1) is 0 Å². The minimum Gasteiger partial charge on any atom is -0.497 e. The van der Waals surface area contributed by atoms with Gasteiger partial charge in [0.1, 0.15) is 23.2 Å². The van der Waals surface area contributed by atoms with E-state index in [0.29, 0.717) is 13.0 Å². The second-order valence-electron chi connectivity index (χ2n) is 14.4. The Kier molecular flexibility index (Phi) is 9.58. The first-order valence-corrected chi connectivity index (χ1v) is 19.1. The number of hydrogen-bond donors (Lipinski definition) is 1. The molecule has 1 fully saturated rings. The average molecular weight is 729 g/mol. The normalized spacial score (nSPS) is 17.5. The zero-order valence-electron chi connectivity index (χ0n) is 31.1. The van der Waals surface area contributed by atoms with E-state index in [1.54, 1.807) is 14.2 Å². The summed E-state index contributed by atoms with van der Waals surface area (Å²) in [6, 6.07) is 50.5. The maximum absolute atomic E-state index is 11.2. The van der Waals surface area contributed by atoms with E-state index in [2.05, 4.69) is 78.9 Å². The molecule has 1 saturated heterocycles. The van der Waals surface area contributed by atoms with E-state index in [1.165, 1.54) is 48.7 Å². The van der Waals surface area contributed by atoms with Crippen molar-refractivity contribution < 1.29 is 28.8 Å². The SMILES string of the molecule is COc1ccc(C(OC[C@H]2O[C@H](OCCCc3ccc4c5cccc6cccc(c7cccc3c74)c65)C[C@@H]2O)(c2ccccc2)c2ccc(OC)cc2)cc1. The van der Waals surface area contributed by atoms with Gasteiger partial charge < -0.3 is 28.8 Å². The van der Waals surface area contributed by atoms with Crippen LogP contribution in [-0.2, 0) is 26.2 Å². The molecule has 1 N–H and O–H groups in total. The van der Waals surface area contributed by atoms with E-state index in [-0.39, 0.29) is 6.61 Å². The molecular formula is C49H44O6. The Morgan fingerprint density at radius 2 is 1.16 bits per heavy atom. The molecule has 1 aliphatic rings. The van der Waals surface area contributed by atoms with Crippen molar-refractivity contribution in [3.05, 3.63) is 168 Å². The van der Waals surface area contributed by atoms with Gasteiger partial charge in [-0.3, -0.25) is 0 Å². The Bertz CT molecular complexity index is 2450. The Balaban J connectivity index is 0.911. The van der Waals surface area contributed by atoms with Gasteiger partial charge in [-0.1, -0.05) is 121 Å². The molecular weight excluding hydrogens is 685 g/mol. The lowest BCUT2D eigenvalue weighted by molar-refractivity contribution is -0.157. The number of aliphatic hydroxyl groups excluding tert-OH is 1. The average Bonchev–Trinajstić information content (AvgIpc) is 3.61. The van der Waals surface area contributed by atoms with Gasteiger partial charge in [0.25, 0.3) is 0 Å². The van der Waals surface area contributed by atoms with Gasteiger partial charge in [-0.25, -0.2) is 0 Å². The zero-order valence-corrected chi connectivity index (χ0v) is 31.1. The lowest BCUT2D eigenvalue weighted by Crippen LogP contribution is -2.38. The van der Waals surface area contributed by atoms with Crippen molar-refractivity contribution >= 4 is 43.1 Å². The molecule has 6 nitrogen and oxygen atoms in total. The summed E-state index contributed by atoms with van der Waals surface area (Å²) in [5.74, 6) is 1.51. The number of rotatable bonds is 13. The molecule has 0 saturated carbocycles. The second kappa shape index (κ2) is 15.0. The highest BCUT2D eigenvalue weighted by atomic mass is 16.7. The largest absolute Gasteiger partial charge is 0.497 e. The highest BCUT2D eigenvalue weighted by molar-refractivity contribution is 6.33. The van der Waals surface area contributed by atoms with Crippen LogP contribution in [-0.4, -0.2) is 51.0 Å². The minimum atomic E-state index is -1.00. The number of methoxy groups -OCH3 is 2. The van der Waals surface area contributed by atoms with Crippen LogP contribution in [0.1, 0.15) is 35.1 Å². The van der Waals surface area contributed by atoms with Gasteiger partial charge in [0.05, 0.1) is 33.5 Å². The maximum Gasteiger partial charge on any atom is 0.160 e. The van der Waals surface area contributed by atoms with E-state index in [1.807, 2.05) is 66.7 Å². The van der Waals surface area contributed by atoms with Crippen molar-refractivity contribution in [2.24, 2.45) is 0 Å². The van der Waals surface area contributed by atoms with Gasteiger partial charge in [0.15, 0.2) is 6.29 Å². The third kappa shape index (κ3) is 6.35. The number of ether oxygens (including phenoxy) is 5. The van der Waals surface area contributed by atoms with Gasteiger partial charge in [0.2, 0.25) is 0 Å². The van der Waals surface area contributed by atoms with Crippen LogP contribution in [0.4, 0.5) is 0 Å². The monoisotopic (exact) mass is 728 g/mol. The first-order chi connectivity index (χ1) is 27.1. The number of aryl methyl sites for hydroxylation is 1. The van der Waals surface area contributed by atoms with Crippen molar-refractivity contribution in [1.29, 1.82) is 0 Å². The molecule has 0 unspecified atom stereocenters. The minimum absolute atomic E-state index is 0.144. The van der Waals surface area contributed by atoms with Crippen LogP contribution < -0.4 is 9.47 Å². The fourth-order valence-electron chi connectivity index (χ4n) is 8.63. The van der Waals surface area contributed by atoms with Crippen molar-refractivity contribution in [3.8, 4) is 11.5 Å². The maximum atomic E-state index is 11.2. The van der Waals surface area contributed by atoms with Crippen molar-refractivity contribution in [1.82, 2.24) is 0 Å². The van der Waals surface area contributed by atoms with Crippen molar-refractivity contribution in [3.63, 3.8) is 0 Å². The molecule has 6 heteroatoms. The van der Waals surface area contributed by atoms with Gasteiger partial charge in [-0.05, 0) is 102 Å². The van der Waals surface area contributed by atoms with Crippen LogP contribution in [0.5, 0.6) is 11.5 Å². The lowest BCUT2D eigenvalue weighted by Gasteiger charge is -2.37. The van der Waals surface area contributed by atoms with Gasteiger partial charge in [-0.2, -0.15) is 0 Å². The van der Waals surface area contributed by atoms with E-state index in [9.17, 15) is 5.11 Å². The van der Waals surface area contributed by atoms with Gasteiger partial charge in [0, 0.05) is 6.42 Å². The highest BCUT2D eigenvalue weighted by Crippen LogP contribution is 2.43. The van der Waals surface area contributed by atoms with Crippen LogP contribution in [0.25, 0.3) is 43.1 Å². The summed E-state index contributed by atoms with van der Waals surface area (Å²) >= 11 is 0. The smallest absolute Gasteiger partial charge is 0.160 e. The van der Waals surface area contributed by atoms with Gasteiger partial charge >= 0.3 is 0 Å². The number of fused-ring (bicyclic) bond motifs is 2. The first-order valence-electron chi connectivity index (χ1n) is 19.1. The summed E-state index contributed by atoms with van der Waals surface area (Å²) in [5, 5.41) is 21.7. The van der Waals surface area contributed by atoms with E-state index in [0.717, 1.165) is 41.0 Å². The molecule has 3 atom stereocenters. The number of aliphatic hydroxyl groups is 1. The molecule has 0 aromatic heterocycles. The quantitative estimate of drug-likeness (QED) is 0.0552. The topological polar surface area (TPSA) is 66.4 Å². The summed E-state index contributed by atoms with van der Waals surface area (Å²) in [5.41, 5.74) is 3.10. The second-order valence-corrected chi connectivity index (χ2v) is 14.4. The molecule has 276 valence electrons. The summed E-state index contributed by atoms with van der Waals surface area (Å²) in [4.78, 5) is 0. The molecule has 0 aliphatic carbocycles. The van der Waals surface area contributed by atoms with Crippen LogP contribution >= 0.6 is 0 Å². The van der Waals surface area contributed by atoms with Crippen LogP contribution in [0.3, 0.4) is 0 Å². The fourth-order valence-corrected chi connectivity index (χ4v) is 8.63. The zero-order chi connectivity index (χ0) is 37.4. The van der Waals surface area contributed by atoms with E-state index < -0.39 is 24.1 Å². The summed E-state index contributed by atoms with van der Waals surface area (Å²) in [7, 11) is 3.32. The molecule has 0 bridgehead atoms. The van der Waals surface area contributed by atoms with E-state index in [4.69, 9.17) is 23.7 Å². The molecule has 0 radical (unpaired) electrons. The predicted octanol–water partition coefficient (Wildman–Crippen LogP) is 10.2. The van der Waals surface area contributed by atoms with Crippen molar-refractivity contribution in [2.75, 3.05) is 27.4 Å². The molecule has 8 aromatic rings.